The third kappa shape index (κ3) is 2.11. The van der Waals surface area contributed by atoms with E-state index in [1.165, 1.54) is 17.0 Å². The zero-order valence-corrected chi connectivity index (χ0v) is 10.6. The minimum absolute atomic E-state index is 0.0348. The van der Waals surface area contributed by atoms with Gasteiger partial charge in [0.15, 0.2) is 0 Å². The molecule has 1 aromatic carbocycles. The van der Waals surface area contributed by atoms with Gasteiger partial charge in [0.2, 0.25) is 5.91 Å². The first-order chi connectivity index (χ1) is 9.60. The van der Waals surface area contributed by atoms with Gasteiger partial charge in [0.05, 0.1) is 23.7 Å². The summed E-state index contributed by atoms with van der Waals surface area (Å²) in [6.45, 7) is 0. The molecular formula is C14H12FN3O2. The Balaban J connectivity index is 1.77. The summed E-state index contributed by atoms with van der Waals surface area (Å²) < 4.78 is 13.8. The first-order valence-electron chi connectivity index (χ1n) is 6.42. The Labute approximate surface area is 115 Å². The van der Waals surface area contributed by atoms with Gasteiger partial charge in [-0.2, -0.15) is 5.26 Å². The first kappa shape index (κ1) is 12.6. The van der Waals surface area contributed by atoms with E-state index in [-0.39, 0.29) is 35.5 Å². The SMILES string of the molecule is N#Cc1ccc(NC2CC(=O)N(C3CC3)C2=O)c(F)c1. The molecule has 1 aliphatic heterocycles. The maximum Gasteiger partial charge on any atom is 0.252 e. The van der Waals surface area contributed by atoms with Crippen molar-refractivity contribution in [3.63, 3.8) is 0 Å². The van der Waals surface area contributed by atoms with Crippen LogP contribution in [0.4, 0.5) is 10.1 Å². The molecule has 1 heterocycles. The number of halogens is 1. The number of hydrogen-bond donors (Lipinski definition) is 1. The third-order valence-electron chi connectivity index (χ3n) is 3.52. The van der Waals surface area contributed by atoms with Crippen LogP contribution in [0.5, 0.6) is 0 Å². The zero-order chi connectivity index (χ0) is 14.3. The van der Waals surface area contributed by atoms with E-state index in [1.807, 2.05) is 6.07 Å². The van der Waals surface area contributed by atoms with Crippen LogP contribution in [0.3, 0.4) is 0 Å². The van der Waals surface area contributed by atoms with Gasteiger partial charge in [-0.25, -0.2) is 4.39 Å². The number of anilines is 1. The largest absolute Gasteiger partial charge is 0.371 e. The van der Waals surface area contributed by atoms with Crippen molar-refractivity contribution in [2.24, 2.45) is 0 Å². The summed E-state index contributed by atoms with van der Waals surface area (Å²) >= 11 is 0. The van der Waals surface area contributed by atoms with Gasteiger partial charge in [-0.1, -0.05) is 0 Å². The Bertz CT molecular complexity index is 634. The van der Waals surface area contributed by atoms with E-state index >= 15 is 0 Å². The molecule has 1 atom stereocenters. The van der Waals surface area contributed by atoms with E-state index in [0.717, 1.165) is 18.9 Å². The van der Waals surface area contributed by atoms with E-state index in [4.69, 9.17) is 5.26 Å². The van der Waals surface area contributed by atoms with E-state index in [2.05, 4.69) is 5.32 Å². The Kier molecular flexibility index (Phi) is 2.90. The molecule has 2 amide bonds. The van der Waals surface area contributed by atoms with E-state index < -0.39 is 11.9 Å². The highest BCUT2D eigenvalue weighted by atomic mass is 19.1. The second-order valence-corrected chi connectivity index (χ2v) is 5.04. The first-order valence-corrected chi connectivity index (χ1v) is 6.42. The summed E-state index contributed by atoms with van der Waals surface area (Å²) in [5, 5.41) is 11.4. The molecular weight excluding hydrogens is 261 g/mol. The van der Waals surface area contributed by atoms with Crippen molar-refractivity contribution >= 4 is 17.5 Å². The minimum atomic E-state index is -0.717. The zero-order valence-electron chi connectivity index (χ0n) is 10.6. The Morgan fingerprint density at radius 2 is 2.10 bits per heavy atom. The van der Waals surface area contributed by atoms with Crippen LogP contribution < -0.4 is 5.32 Å². The molecule has 0 spiro atoms. The number of benzene rings is 1. The molecule has 1 aliphatic carbocycles. The highest BCUT2D eigenvalue weighted by Gasteiger charge is 2.46. The van der Waals surface area contributed by atoms with Gasteiger partial charge < -0.3 is 5.32 Å². The number of rotatable bonds is 3. The summed E-state index contributed by atoms with van der Waals surface area (Å²) in [5.41, 5.74) is 0.342. The molecule has 2 fully saturated rings. The predicted octanol–water partition coefficient (Wildman–Crippen LogP) is 1.40. The number of carbonyl (C=O) groups excluding carboxylic acids is 2. The molecule has 0 radical (unpaired) electrons. The smallest absolute Gasteiger partial charge is 0.252 e. The second-order valence-electron chi connectivity index (χ2n) is 5.04. The number of carbonyl (C=O) groups is 2. The van der Waals surface area contributed by atoms with Crippen molar-refractivity contribution in [2.75, 3.05) is 5.32 Å². The van der Waals surface area contributed by atoms with Crippen molar-refractivity contribution in [3.8, 4) is 6.07 Å². The van der Waals surface area contributed by atoms with E-state index in [9.17, 15) is 14.0 Å². The molecule has 3 rings (SSSR count). The maximum atomic E-state index is 13.8. The maximum absolute atomic E-state index is 13.8. The fraction of sp³-hybridized carbons (Fsp3) is 0.357. The van der Waals surface area contributed by atoms with Crippen molar-refractivity contribution in [2.45, 2.75) is 31.3 Å². The van der Waals surface area contributed by atoms with Crippen molar-refractivity contribution in [1.29, 1.82) is 5.26 Å². The lowest BCUT2D eigenvalue weighted by molar-refractivity contribution is -0.139. The van der Waals surface area contributed by atoms with Crippen molar-refractivity contribution < 1.29 is 14.0 Å². The van der Waals surface area contributed by atoms with Gasteiger partial charge >= 0.3 is 0 Å². The molecule has 6 heteroatoms. The Morgan fingerprint density at radius 3 is 2.70 bits per heavy atom. The van der Waals surface area contributed by atoms with Crippen LogP contribution >= 0.6 is 0 Å². The highest BCUT2D eigenvalue weighted by Crippen LogP contribution is 2.32. The van der Waals surface area contributed by atoms with Crippen LogP contribution in [0.15, 0.2) is 18.2 Å². The molecule has 0 aromatic heterocycles. The molecule has 102 valence electrons. The summed E-state index contributed by atoms with van der Waals surface area (Å²) in [6.07, 6.45) is 1.76. The molecule has 2 aliphatic rings. The molecule has 1 saturated carbocycles. The molecule has 5 nitrogen and oxygen atoms in total. The van der Waals surface area contributed by atoms with Crippen LogP contribution in [0.1, 0.15) is 24.8 Å². The van der Waals surface area contributed by atoms with Gasteiger partial charge in [0.1, 0.15) is 11.9 Å². The van der Waals surface area contributed by atoms with Crippen LogP contribution in [-0.2, 0) is 9.59 Å². The summed E-state index contributed by atoms with van der Waals surface area (Å²) in [6, 6.07) is 5.13. The van der Waals surface area contributed by atoms with Crippen molar-refractivity contribution in [3.05, 3.63) is 29.6 Å². The normalized spacial score (nSPS) is 22.0. The number of nitrogens with zero attached hydrogens (tertiary/aromatic N) is 2. The second kappa shape index (κ2) is 4.60. The Hall–Kier alpha value is -2.42. The van der Waals surface area contributed by atoms with Gasteiger partial charge in [0, 0.05) is 6.04 Å². The average Bonchev–Trinajstić information content (AvgIpc) is 3.20. The molecule has 1 unspecified atom stereocenters. The molecule has 1 saturated heterocycles. The topological polar surface area (TPSA) is 73.2 Å². The Morgan fingerprint density at radius 1 is 1.35 bits per heavy atom. The third-order valence-corrected chi connectivity index (χ3v) is 3.52. The number of amides is 2. The molecule has 1 aromatic rings. The lowest BCUT2D eigenvalue weighted by atomic mass is 10.2. The quantitative estimate of drug-likeness (QED) is 0.845. The summed E-state index contributed by atoms with van der Waals surface area (Å²) in [5.74, 6) is -1.10. The van der Waals surface area contributed by atoms with Gasteiger partial charge in [0.25, 0.3) is 5.91 Å². The van der Waals surface area contributed by atoms with Gasteiger partial charge in [-0.15, -0.1) is 0 Å². The molecule has 1 N–H and O–H groups in total. The van der Waals surface area contributed by atoms with Gasteiger partial charge in [-0.3, -0.25) is 14.5 Å². The number of imide groups is 1. The van der Waals surface area contributed by atoms with E-state index in [1.54, 1.807) is 0 Å². The highest BCUT2D eigenvalue weighted by molar-refractivity contribution is 6.07. The summed E-state index contributed by atoms with van der Waals surface area (Å²) in [7, 11) is 0. The van der Waals surface area contributed by atoms with Crippen LogP contribution in [-0.4, -0.2) is 28.8 Å². The van der Waals surface area contributed by atoms with Crippen molar-refractivity contribution in [1.82, 2.24) is 4.90 Å². The standard InChI is InChI=1S/C14H12FN3O2/c15-10-5-8(7-16)1-4-11(10)17-12-6-13(19)18(14(12)20)9-2-3-9/h1,4-5,9,12,17H,2-3,6H2. The summed E-state index contributed by atoms with van der Waals surface area (Å²) in [4.78, 5) is 25.2. The fourth-order valence-corrected chi connectivity index (χ4v) is 2.37. The fourth-order valence-electron chi connectivity index (χ4n) is 2.37. The number of nitrogens with one attached hydrogen (secondary N) is 1. The monoisotopic (exact) mass is 273 g/mol. The van der Waals surface area contributed by atoms with E-state index in [0.29, 0.717) is 0 Å². The number of likely N-dealkylation sites (tertiary alicyclic amines) is 1. The van der Waals surface area contributed by atoms with Crippen LogP contribution in [0.25, 0.3) is 0 Å². The molecule has 20 heavy (non-hydrogen) atoms. The predicted molar refractivity (Wildman–Crippen MR) is 68.0 cm³/mol. The number of nitriles is 1. The average molecular weight is 273 g/mol. The minimum Gasteiger partial charge on any atom is -0.371 e. The van der Waals surface area contributed by atoms with Crippen LogP contribution in [0.2, 0.25) is 0 Å². The lowest BCUT2D eigenvalue weighted by Crippen LogP contribution is -2.36. The molecule has 0 bridgehead atoms. The van der Waals surface area contributed by atoms with Crippen LogP contribution in [0, 0.1) is 17.1 Å². The lowest BCUT2D eigenvalue weighted by Gasteiger charge is -2.15. The number of hydrogen-bond acceptors (Lipinski definition) is 4. The van der Waals surface area contributed by atoms with Gasteiger partial charge in [-0.05, 0) is 31.0 Å².